The fourth-order valence-electron chi connectivity index (χ4n) is 3.33. The molecule has 1 N–H and O–H groups in total. The Morgan fingerprint density at radius 3 is 2.35 bits per heavy atom. The second-order valence-corrected chi connectivity index (χ2v) is 6.75. The van der Waals surface area contributed by atoms with E-state index in [1.54, 1.807) is 21.3 Å². The van der Waals surface area contributed by atoms with Gasteiger partial charge in [0.2, 0.25) is 5.91 Å². The summed E-state index contributed by atoms with van der Waals surface area (Å²) in [6.45, 7) is 3.46. The summed E-state index contributed by atoms with van der Waals surface area (Å²) in [6.07, 6.45) is 4.28. The summed E-state index contributed by atoms with van der Waals surface area (Å²) in [5, 5.41) is 3.12. The quantitative estimate of drug-likeness (QED) is 0.645. The van der Waals surface area contributed by atoms with E-state index >= 15 is 0 Å². The van der Waals surface area contributed by atoms with Gasteiger partial charge in [-0.3, -0.25) is 4.79 Å². The van der Waals surface area contributed by atoms with Crippen LogP contribution >= 0.6 is 0 Å². The first-order chi connectivity index (χ1) is 12.7. The molecule has 1 aliphatic rings. The maximum absolute atomic E-state index is 12.2. The number of methoxy groups -OCH3 is 3. The Kier molecular flexibility index (Phi) is 8.71. The number of amides is 1. The van der Waals surface area contributed by atoms with Crippen LogP contribution in [0.5, 0.6) is 11.5 Å². The average Bonchev–Trinajstić information content (AvgIpc) is 2.69. The molecule has 0 spiro atoms. The minimum absolute atomic E-state index is 0.192. The monoisotopic (exact) mass is 364 g/mol. The summed E-state index contributed by atoms with van der Waals surface area (Å²) < 4.78 is 15.7. The minimum atomic E-state index is 0.192. The van der Waals surface area contributed by atoms with Crippen LogP contribution in [-0.2, 0) is 16.0 Å². The number of nitrogens with zero attached hydrogens (tertiary/aromatic N) is 1. The van der Waals surface area contributed by atoms with E-state index < -0.39 is 0 Å². The molecule has 6 nitrogen and oxygen atoms in total. The number of likely N-dealkylation sites (tertiary alicyclic amines) is 1. The van der Waals surface area contributed by atoms with Gasteiger partial charge in [-0.15, -0.1) is 0 Å². The van der Waals surface area contributed by atoms with Crippen LogP contribution in [0.25, 0.3) is 0 Å². The molecule has 6 heteroatoms. The van der Waals surface area contributed by atoms with Crippen LogP contribution in [0, 0.1) is 5.92 Å². The Bertz CT molecular complexity index is 534. The number of carbonyl (C=O) groups is 1. The molecule has 1 heterocycles. The van der Waals surface area contributed by atoms with Gasteiger partial charge in [0.25, 0.3) is 0 Å². The number of ether oxygens (including phenoxy) is 3. The van der Waals surface area contributed by atoms with Crippen molar-refractivity contribution in [2.24, 2.45) is 5.92 Å². The predicted molar refractivity (Wildman–Crippen MR) is 102 cm³/mol. The van der Waals surface area contributed by atoms with Gasteiger partial charge in [0.05, 0.1) is 27.4 Å². The Morgan fingerprint density at radius 2 is 1.77 bits per heavy atom. The van der Waals surface area contributed by atoms with Gasteiger partial charge in [-0.2, -0.15) is 0 Å². The Morgan fingerprint density at radius 1 is 1.12 bits per heavy atom. The van der Waals surface area contributed by atoms with Crippen molar-refractivity contribution >= 4 is 5.91 Å². The first-order valence-electron chi connectivity index (χ1n) is 9.35. The van der Waals surface area contributed by atoms with Gasteiger partial charge < -0.3 is 24.4 Å². The van der Waals surface area contributed by atoms with Crippen molar-refractivity contribution in [1.82, 2.24) is 10.2 Å². The van der Waals surface area contributed by atoms with Crippen molar-refractivity contribution in [2.45, 2.75) is 25.7 Å². The highest BCUT2D eigenvalue weighted by Crippen LogP contribution is 2.26. The molecule has 26 heavy (non-hydrogen) atoms. The molecule has 2 rings (SSSR count). The first-order valence-corrected chi connectivity index (χ1v) is 9.35. The lowest BCUT2D eigenvalue weighted by Gasteiger charge is -2.32. The number of nitrogens with one attached hydrogen (secondary N) is 1. The summed E-state index contributed by atoms with van der Waals surface area (Å²) in [6, 6.07) is 6.05. The normalized spacial score (nSPS) is 15.1. The van der Waals surface area contributed by atoms with Crippen molar-refractivity contribution in [3.05, 3.63) is 23.8 Å². The Balaban J connectivity index is 1.72. The molecular formula is C20H32N2O4. The summed E-state index contributed by atoms with van der Waals surface area (Å²) in [4.78, 5) is 14.2. The van der Waals surface area contributed by atoms with Crippen LogP contribution < -0.4 is 14.8 Å². The lowest BCUT2D eigenvalue weighted by atomic mass is 9.90. The molecule has 0 aromatic heterocycles. The fourth-order valence-corrected chi connectivity index (χ4v) is 3.33. The van der Waals surface area contributed by atoms with Gasteiger partial charge in [0, 0.05) is 32.8 Å². The zero-order chi connectivity index (χ0) is 18.8. The van der Waals surface area contributed by atoms with Crippen LogP contribution in [0.3, 0.4) is 0 Å². The summed E-state index contributed by atoms with van der Waals surface area (Å²) in [7, 11) is 5.01. The number of hydrogen-bond acceptors (Lipinski definition) is 5. The first kappa shape index (κ1) is 20.5. The van der Waals surface area contributed by atoms with Gasteiger partial charge in [0.1, 0.15) is 11.5 Å². The molecule has 1 saturated heterocycles. The lowest BCUT2D eigenvalue weighted by Crippen LogP contribution is -2.43. The molecule has 1 fully saturated rings. The third-order valence-electron chi connectivity index (χ3n) is 4.98. The second-order valence-electron chi connectivity index (χ2n) is 6.75. The molecule has 1 amide bonds. The van der Waals surface area contributed by atoms with Crippen molar-refractivity contribution in [1.29, 1.82) is 0 Å². The van der Waals surface area contributed by atoms with Crippen LogP contribution in [0.1, 0.15) is 24.8 Å². The average molecular weight is 364 g/mol. The van der Waals surface area contributed by atoms with E-state index in [-0.39, 0.29) is 5.91 Å². The zero-order valence-electron chi connectivity index (χ0n) is 16.3. The van der Waals surface area contributed by atoms with E-state index in [9.17, 15) is 4.79 Å². The highest BCUT2D eigenvalue weighted by Gasteiger charge is 2.22. The molecule has 1 aliphatic heterocycles. The van der Waals surface area contributed by atoms with Crippen LogP contribution in [0.2, 0.25) is 0 Å². The van der Waals surface area contributed by atoms with E-state index in [0.29, 0.717) is 25.6 Å². The summed E-state index contributed by atoms with van der Waals surface area (Å²) in [5.41, 5.74) is 1.24. The molecule has 0 unspecified atom stereocenters. The largest absolute Gasteiger partial charge is 0.497 e. The topological polar surface area (TPSA) is 60.0 Å². The molecule has 0 bridgehead atoms. The van der Waals surface area contributed by atoms with Gasteiger partial charge in [-0.05, 0) is 49.3 Å². The third-order valence-corrected chi connectivity index (χ3v) is 4.98. The molecule has 0 saturated carbocycles. The van der Waals surface area contributed by atoms with E-state index in [1.165, 1.54) is 5.56 Å². The highest BCUT2D eigenvalue weighted by atomic mass is 16.5. The number of carbonyl (C=O) groups excluding carboxylic acids is 1. The third kappa shape index (κ3) is 6.50. The lowest BCUT2D eigenvalue weighted by molar-refractivity contribution is -0.131. The van der Waals surface area contributed by atoms with Crippen molar-refractivity contribution in [3.8, 4) is 11.5 Å². The summed E-state index contributed by atoms with van der Waals surface area (Å²) >= 11 is 0. The van der Waals surface area contributed by atoms with Gasteiger partial charge in [-0.25, -0.2) is 0 Å². The standard InChI is InChI=1S/C20H32N2O4/c1-24-11-8-21-15-20(23)22-9-6-16(7-10-22)4-5-17-12-18(25-2)14-19(13-17)26-3/h12-14,16,21H,4-11,15H2,1-3H3. The molecule has 146 valence electrons. The maximum Gasteiger partial charge on any atom is 0.236 e. The highest BCUT2D eigenvalue weighted by molar-refractivity contribution is 5.78. The minimum Gasteiger partial charge on any atom is -0.497 e. The Hall–Kier alpha value is -1.79. The van der Waals surface area contributed by atoms with Crippen LogP contribution in [0.15, 0.2) is 18.2 Å². The number of hydrogen-bond donors (Lipinski definition) is 1. The zero-order valence-corrected chi connectivity index (χ0v) is 16.3. The SMILES string of the molecule is COCCNCC(=O)N1CCC(CCc2cc(OC)cc(OC)c2)CC1. The second kappa shape index (κ2) is 11.0. The van der Waals surface area contributed by atoms with Crippen LogP contribution in [-0.4, -0.2) is 64.9 Å². The van der Waals surface area contributed by atoms with Crippen molar-refractivity contribution in [3.63, 3.8) is 0 Å². The fraction of sp³-hybridized carbons (Fsp3) is 0.650. The van der Waals surface area contributed by atoms with E-state index in [2.05, 4.69) is 17.4 Å². The molecule has 1 aromatic rings. The van der Waals surface area contributed by atoms with Gasteiger partial charge in [-0.1, -0.05) is 0 Å². The van der Waals surface area contributed by atoms with Crippen molar-refractivity contribution < 1.29 is 19.0 Å². The number of piperidine rings is 1. The van der Waals surface area contributed by atoms with E-state index in [1.807, 2.05) is 11.0 Å². The number of benzene rings is 1. The van der Waals surface area contributed by atoms with E-state index in [0.717, 1.165) is 50.3 Å². The Labute approximate surface area is 156 Å². The molecule has 0 atom stereocenters. The van der Waals surface area contributed by atoms with Gasteiger partial charge >= 0.3 is 0 Å². The summed E-state index contributed by atoms with van der Waals surface area (Å²) in [5.74, 6) is 2.52. The smallest absolute Gasteiger partial charge is 0.236 e. The molecule has 1 aromatic carbocycles. The van der Waals surface area contributed by atoms with Gasteiger partial charge in [0.15, 0.2) is 0 Å². The maximum atomic E-state index is 12.2. The molecule has 0 radical (unpaired) electrons. The van der Waals surface area contributed by atoms with Crippen LogP contribution in [0.4, 0.5) is 0 Å². The predicted octanol–water partition coefficient (Wildman–Crippen LogP) is 2.11. The molecular weight excluding hydrogens is 332 g/mol. The number of rotatable bonds is 10. The molecule has 0 aliphatic carbocycles. The van der Waals surface area contributed by atoms with E-state index in [4.69, 9.17) is 14.2 Å². The van der Waals surface area contributed by atoms with Crippen molar-refractivity contribution in [2.75, 3.05) is 54.1 Å². The number of aryl methyl sites for hydroxylation is 1.